The van der Waals surface area contributed by atoms with E-state index in [0.717, 1.165) is 22.3 Å². The first-order valence-corrected chi connectivity index (χ1v) is 12.8. The van der Waals surface area contributed by atoms with Gasteiger partial charge in [0.1, 0.15) is 5.82 Å². The van der Waals surface area contributed by atoms with E-state index in [0.29, 0.717) is 36.5 Å². The van der Waals surface area contributed by atoms with E-state index in [1.165, 1.54) is 23.9 Å². The molecule has 0 aliphatic rings. The minimum absolute atomic E-state index is 0. The Morgan fingerprint density at radius 2 is 1.81 bits per heavy atom. The molecule has 0 unspecified atom stereocenters. The molecule has 0 saturated carbocycles. The normalized spacial score (nSPS) is 11.4. The number of rotatable bonds is 12. The van der Waals surface area contributed by atoms with Crippen LogP contribution in [0.2, 0.25) is 0 Å². The van der Waals surface area contributed by atoms with Crippen molar-refractivity contribution in [2.24, 2.45) is 0 Å². The Morgan fingerprint density at radius 1 is 1.03 bits per heavy atom. The number of ether oxygens (including phenoxy) is 1. The number of amides is 1. The number of benzene rings is 3. The Balaban J connectivity index is 0.00000456. The number of hydrogen-bond acceptors (Lipinski definition) is 5. The summed E-state index contributed by atoms with van der Waals surface area (Å²) in [4.78, 5) is 24.6. The summed E-state index contributed by atoms with van der Waals surface area (Å²) in [5.74, 6) is -1.44. The van der Waals surface area contributed by atoms with Crippen molar-refractivity contribution < 1.29 is 42.7 Å². The number of aliphatic carboxylic acids is 1. The third kappa shape index (κ3) is 8.53. The second kappa shape index (κ2) is 14.9. The van der Waals surface area contributed by atoms with Gasteiger partial charge < -0.3 is 20.0 Å². The van der Waals surface area contributed by atoms with Gasteiger partial charge in [-0.25, -0.2) is 4.39 Å². The molecule has 0 aliphatic carbocycles. The summed E-state index contributed by atoms with van der Waals surface area (Å²) in [7, 11) is 0. The minimum Gasteiger partial charge on any atom is -0.548 e. The fraction of sp³-hybridized carbons (Fsp3) is 0.286. The number of thioether (sulfide) groups is 1. The van der Waals surface area contributed by atoms with Crippen LogP contribution in [0.1, 0.15) is 33.5 Å². The van der Waals surface area contributed by atoms with Crippen LogP contribution in [0, 0.1) is 12.7 Å². The number of hydrogen-bond donors (Lipinski definition) is 1. The summed E-state index contributed by atoms with van der Waals surface area (Å²) < 4.78 is 19.2. The third-order valence-corrected chi connectivity index (χ3v) is 6.30. The first-order valence-electron chi connectivity index (χ1n) is 11.4. The molecule has 8 heteroatoms. The second-order valence-corrected chi connectivity index (χ2v) is 9.24. The van der Waals surface area contributed by atoms with Crippen molar-refractivity contribution in [1.82, 2.24) is 5.32 Å². The van der Waals surface area contributed by atoms with Crippen molar-refractivity contribution in [2.75, 3.05) is 18.6 Å². The van der Waals surface area contributed by atoms with Crippen LogP contribution in [0.4, 0.5) is 4.39 Å². The SMILES string of the molecule is CSCC[C@H](NC(=O)c1ccc(COCCc2cccc(F)c2)cc1-c1ccccc1C)C(=O)[O-].[Li+]. The Hall–Kier alpha value is -2.56. The molecule has 5 nitrogen and oxygen atoms in total. The zero-order chi connectivity index (χ0) is 25.2. The monoisotopic (exact) mass is 501 g/mol. The van der Waals surface area contributed by atoms with Crippen LogP contribution in [0.3, 0.4) is 0 Å². The van der Waals surface area contributed by atoms with Gasteiger partial charge >= 0.3 is 18.9 Å². The minimum atomic E-state index is -1.30. The van der Waals surface area contributed by atoms with E-state index in [-0.39, 0.29) is 31.1 Å². The maximum atomic E-state index is 13.4. The topological polar surface area (TPSA) is 78.5 Å². The average molecular weight is 502 g/mol. The maximum absolute atomic E-state index is 13.4. The Morgan fingerprint density at radius 3 is 2.50 bits per heavy atom. The molecule has 0 spiro atoms. The van der Waals surface area contributed by atoms with Crippen molar-refractivity contribution in [2.45, 2.75) is 32.4 Å². The fourth-order valence-electron chi connectivity index (χ4n) is 3.77. The van der Waals surface area contributed by atoms with Crippen LogP contribution >= 0.6 is 11.8 Å². The molecule has 0 radical (unpaired) electrons. The van der Waals surface area contributed by atoms with Gasteiger partial charge in [0, 0.05) is 5.56 Å². The number of carboxylic acids is 1. The number of carboxylic acid groups (broad SMARTS) is 1. The molecule has 1 atom stereocenters. The average Bonchev–Trinajstić information content (AvgIpc) is 2.84. The summed E-state index contributed by atoms with van der Waals surface area (Å²) in [5, 5.41) is 14.1. The number of nitrogens with one attached hydrogen (secondary N) is 1. The molecule has 1 amide bonds. The summed E-state index contributed by atoms with van der Waals surface area (Å²) in [6.07, 6.45) is 2.75. The van der Waals surface area contributed by atoms with E-state index in [9.17, 15) is 19.1 Å². The van der Waals surface area contributed by atoms with Gasteiger partial charge in [0.25, 0.3) is 5.91 Å². The van der Waals surface area contributed by atoms with E-state index in [1.807, 2.05) is 49.6 Å². The number of carbonyl (C=O) groups is 2. The van der Waals surface area contributed by atoms with E-state index < -0.39 is 17.9 Å². The molecule has 0 saturated heterocycles. The number of halogens is 1. The Kier molecular flexibility index (Phi) is 12.3. The van der Waals surface area contributed by atoms with Crippen LogP contribution in [0.15, 0.2) is 66.7 Å². The molecule has 3 rings (SSSR count). The Bertz CT molecular complexity index is 1170. The quantitative estimate of drug-likeness (QED) is 0.298. The first-order chi connectivity index (χ1) is 16.9. The molecule has 0 aliphatic heterocycles. The van der Waals surface area contributed by atoms with E-state index >= 15 is 0 Å². The first kappa shape index (κ1) is 29.7. The molecule has 0 heterocycles. The predicted molar refractivity (Wildman–Crippen MR) is 136 cm³/mol. The molecule has 3 aromatic carbocycles. The van der Waals surface area contributed by atoms with Crippen LogP contribution in [-0.2, 0) is 22.6 Å². The summed E-state index contributed by atoms with van der Waals surface area (Å²) in [6.45, 7) is 2.71. The van der Waals surface area contributed by atoms with Gasteiger partial charge in [0.2, 0.25) is 0 Å². The third-order valence-electron chi connectivity index (χ3n) is 5.66. The van der Waals surface area contributed by atoms with Gasteiger partial charge in [-0.05, 0) is 83.9 Å². The molecular weight excluding hydrogens is 472 g/mol. The van der Waals surface area contributed by atoms with Gasteiger partial charge in [0.15, 0.2) is 0 Å². The summed E-state index contributed by atoms with van der Waals surface area (Å²) >= 11 is 1.51. The second-order valence-electron chi connectivity index (χ2n) is 8.25. The standard InChI is InChI=1S/C28H30FNO4S.Li/c1-19-6-3-4-9-23(19)25-17-21(18-34-14-12-20-7-5-8-22(29)16-20)10-11-24(25)27(31)30-26(28(32)33)13-15-35-2;/h3-11,16-17,26H,12-15,18H2,1-2H3,(H,30,31)(H,32,33);/q;+1/p-1/t26-;/m0./s1. The van der Waals surface area contributed by atoms with Crippen LogP contribution in [0.25, 0.3) is 11.1 Å². The molecule has 36 heavy (non-hydrogen) atoms. The van der Waals surface area contributed by atoms with Crippen molar-refractivity contribution in [3.8, 4) is 11.1 Å². The molecule has 3 aromatic rings. The molecule has 1 N–H and O–H groups in total. The molecule has 0 fully saturated rings. The van der Waals surface area contributed by atoms with Crippen LogP contribution in [0.5, 0.6) is 0 Å². The van der Waals surface area contributed by atoms with E-state index in [2.05, 4.69) is 5.32 Å². The predicted octanol–water partition coefficient (Wildman–Crippen LogP) is 1.17. The smallest absolute Gasteiger partial charge is 0.548 e. The van der Waals surface area contributed by atoms with E-state index in [4.69, 9.17) is 4.74 Å². The zero-order valence-corrected chi connectivity index (χ0v) is 21.7. The molecular formula is C28H29FLiNO4S. The fourth-order valence-corrected chi connectivity index (χ4v) is 4.24. The largest absolute Gasteiger partial charge is 1.00 e. The maximum Gasteiger partial charge on any atom is 1.00 e. The van der Waals surface area contributed by atoms with Gasteiger partial charge in [0.05, 0.1) is 25.2 Å². The molecule has 0 bridgehead atoms. The van der Waals surface area contributed by atoms with Gasteiger partial charge in [-0.15, -0.1) is 0 Å². The van der Waals surface area contributed by atoms with Crippen LogP contribution in [-0.4, -0.2) is 36.5 Å². The number of carbonyl (C=O) groups excluding carboxylic acids is 2. The number of aryl methyl sites for hydroxylation is 1. The van der Waals surface area contributed by atoms with Crippen molar-refractivity contribution in [1.29, 1.82) is 0 Å². The van der Waals surface area contributed by atoms with Crippen molar-refractivity contribution >= 4 is 23.6 Å². The molecule has 184 valence electrons. The van der Waals surface area contributed by atoms with Gasteiger partial charge in [-0.1, -0.05) is 42.5 Å². The van der Waals surface area contributed by atoms with Gasteiger partial charge in [-0.2, -0.15) is 11.8 Å². The van der Waals surface area contributed by atoms with Gasteiger partial charge in [-0.3, -0.25) is 4.79 Å². The molecule has 0 aromatic heterocycles. The summed E-state index contributed by atoms with van der Waals surface area (Å²) in [5.41, 5.74) is 4.70. The van der Waals surface area contributed by atoms with Crippen molar-refractivity contribution in [3.05, 3.63) is 94.8 Å². The van der Waals surface area contributed by atoms with Crippen molar-refractivity contribution in [3.63, 3.8) is 0 Å². The zero-order valence-electron chi connectivity index (χ0n) is 20.9. The van der Waals surface area contributed by atoms with Crippen LogP contribution < -0.4 is 29.3 Å². The summed E-state index contributed by atoms with van der Waals surface area (Å²) in [6, 6.07) is 18.5. The van der Waals surface area contributed by atoms with E-state index in [1.54, 1.807) is 18.2 Å². The Labute approximate surface area is 228 Å².